The van der Waals surface area contributed by atoms with Crippen LogP contribution in [0.2, 0.25) is 0 Å². The standard InChI is InChI=1S/C19H20N4OS/c1-22-11-15(9-21-22)18-13-23(12-14-5-2-3-7-17(14)18)19(24)20-10-16-6-4-8-25-16/h2-9,11,18H,10,12-13H2,1H3,(H,20,24)/t18-/m1/s1. The van der Waals surface area contributed by atoms with Crippen LogP contribution in [0.1, 0.15) is 27.5 Å². The number of aromatic nitrogens is 2. The largest absolute Gasteiger partial charge is 0.333 e. The van der Waals surface area contributed by atoms with Crippen LogP contribution in [-0.4, -0.2) is 27.3 Å². The first kappa shape index (κ1) is 15.9. The molecule has 1 N–H and O–H groups in total. The number of hydrogen-bond donors (Lipinski definition) is 1. The molecule has 0 unspecified atom stereocenters. The molecule has 0 saturated carbocycles. The number of fused-ring (bicyclic) bond motifs is 1. The Bertz CT molecular complexity index is 871. The average Bonchev–Trinajstić information content (AvgIpc) is 3.30. The van der Waals surface area contributed by atoms with Crippen molar-refractivity contribution in [2.75, 3.05) is 6.54 Å². The lowest BCUT2D eigenvalue weighted by atomic mass is 9.86. The highest BCUT2D eigenvalue weighted by atomic mass is 32.1. The SMILES string of the molecule is Cn1cc([C@H]2CN(C(=O)NCc3cccs3)Cc3ccccc32)cn1. The molecule has 0 bridgehead atoms. The molecule has 1 atom stereocenters. The lowest BCUT2D eigenvalue weighted by molar-refractivity contribution is 0.188. The molecule has 0 saturated heterocycles. The monoisotopic (exact) mass is 352 g/mol. The fourth-order valence-corrected chi connectivity index (χ4v) is 4.00. The molecule has 128 valence electrons. The minimum atomic E-state index is -0.0169. The van der Waals surface area contributed by atoms with Crippen LogP contribution in [0.5, 0.6) is 0 Å². The van der Waals surface area contributed by atoms with E-state index >= 15 is 0 Å². The van der Waals surface area contributed by atoms with E-state index in [4.69, 9.17) is 0 Å². The highest BCUT2D eigenvalue weighted by Gasteiger charge is 2.29. The quantitative estimate of drug-likeness (QED) is 0.786. The van der Waals surface area contributed by atoms with E-state index in [9.17, 15) is 4.79 Å². The third-order valence-corrected chi connectivity index (χ3v) is 5.48. The zero-order chi connectivity index (χ0) is 17.2. The van der Waals surface area contributed by atoms with Crippen molar-refractivity contribution < 1.29 is 4.79 Å². The Hall–Kier alpha value is -2.60. The smallest absolute Gasteiger partial charge is 0.318 e. The van der Waals surface area contributed by atoms with Crippen LogP contribution < -0.4 is 5.32 Å². The Balaban J connectivity index is 1.55. The van der Waals surface area contributed by atoms with Crippen molar-refractivity contribution in [1.29, 1.82) is 0 Å². The topological polar surface area (TPSA) is 50.2 Å². The van der Waals surface area contributed by atoms with Crippen molar-refractivity contribution in [3.05, 3.63) is 75.7 Å². The van der Waals surface area contributed by atoms with Gasteiger partial charge in [-0.05, 0) is 28.1 Å². The number of urea groups is 1. The molecule has 3 heterocycles. The van der Waals surface area contributed by atoms with Crippen molar-refractivity contribution >= 4 is 17.4 Å². The fourth-order valence-electron chi connectivity index (χ4n) is 3.35. The number of hydrogen-bond acceptors (Lipinski definition) is 3. The maximum Gasteiger partial charge on any atom is 0.318 e. The molecule has 0 fully saturated rings. The molecule has 2 amide bonds. The van der Waals surface area contributed by atoms with Crippen LogP contribution in [0.3, 0.4) is 0 Å². The van der Waals surface area contributed by atoms with Gasteiger partial charge in [-0.25, -0.2) is 4.79 Å². The van der Waals surface area contributed by atoms with Gasteiger partial charge >= 0.3 is 6.03 Å². The molecule has 0 aliphatic carbocycles. The lowest BCUT2D eigenvalue weighted by Gasteiger charge is -2.34. The van der Waals surface area contributed by atoms with Gasteiger partial charge in [0.1, 0.15) is 0 Å². The molecule has 6 heteroatoms. The second kappa shape index (κ2) is 6.72. The molecule has 0 radical (unpaired) electrons. The summed E-state index contributed by atoms with van der Waals surface area (Å²) in [5, 5.41) is 9.37. The summed E-state index contributed by atoms with van der Waals surface area (Å²) in [7, 11) is 1.92. The maximum atomic E-state index is 12.7. The zero-order valence-corrected chi connectivity index (χ0v) is 14.9. The normalized spacial score (nSPS) is 16.5. The van der Waals surface area contributed by atoms with Gasteiger partial charge in [-0.15, -0.1) is 11.3 Å². The predicted octanol–water partition coefficient (Wildman–Crippen LogP) is 3.34. The minimum absolute atomic E-state index is 0.0169. The summed E-state index contributed by atoms with van der Waals surface area (Å²) in [5.41, 5.74) is 3.64. The molecule has 2 aromatic heterocycles. The molecular weight excluding hydrogens is 332 g/mol. The Kier molecular flexibility index (Phi) is 4.28. The third kappa shape index (κ3) is 3.30. The van der Waals surface area contributed by atoms with Crippen molar-refractivity contribution in [2.24, 2.45) is 7.05 Å². The number of nitrogens with one attached hydrogen (secondary N) is 1. The van der Waals surface area contributed by atoms with Gasteiger partial charge in [-0.3, -0.25) is 4.68 Å². The second-order valence-corrected chi connectivity index (χ2v) is 7.35. The first-order valence-corrected chi connectivity index (χ1v) is 9.20. The highest BCUT2D eigenvalue weighted by molar-refractivity contribution is 7.09. The second-order valence-electron chi connectivity index (χ2n) is 6.32. The van der Waals surface area contributed by atoms with E-state index in [-0.39, 0.29) is 11.9 Å². The number of carbonyl (C=O) groups excluding carboxylic acids is 1. The Morgan fingerprint density at radius 2 is 2.20 bits per heavy atom. The van der Waals surface area contributed by atoms with Gasteiger partial charge in [0, 0.05) is 37.1 Å². The summed E-state index contributed by atoms with van der Waals surface area (Å²) in [5.74, 6) is 0.158. The molecule has 3 aromatic rings. The first-order valence-electron chi connectivity index (χ1n) is 8.32. The third-order valence-electron chi connectivity index (χ3n) is 4.60. The van der Waals surface area contributed by atoms with Crippen LogP contribution in [0, 0.1) is 0 Å². The average molecular weight is 352 g/mol. The van der Waals surface area contributed by atoms with Crippen LogP contribution in [0.25, 0.3) is 0 Å². The predicted molar refractivity (Wildman–Crippen MR) is 98.5 cm³/mol. The molecule has 1 aliphatic heterocycles. The summed E-state index contributed by atoms with van der Waals surface area (Å²) in [6.45, 7) is 1.88. The van der Waals surface area contributed by atoms with Gasteiger partial charge < -0.3 is 10.2 Å². The van der Waals surface area contributed by atoms with Gasteiger partial charge in [-0.1, -0.05) is 30.3 Å². The van der Waals surface area contributed by atoms with E-state index in [0.29, 0.717) is 19.6 Å². The van der Waals surface area contributed by atoms with Gasteiger partial charge in [0.05, 0.1) is 12.7 Å². The van der Waals surface area contributed by atoms with Gasteiger partial charge in [-0.2, -0.15) is 5.10 Å². The molecular formula is C19H20N4OS. The number of nitrogens with zero attached hydrogens (tertiary/aromatic N) is 3. The van der Waals surface area contributed by atoms with E-state index in [2.05, 4.69) is 28.6 Å². The van der Waals surface area contributed by atoms with E-state index in [0.717, 1.165) is 10.4 Å². The maximum absolute atomic E-state index is 12.7. The van der Waals surface area contributed by atoms with Gasteiger partial charge in [0.25, 0.3) is 0 Å². The van der Waals surface area contributed by atoms with Crippen LogP contribution in [-0.2, 0) is 20.1 Å². The Labute approximate surface area is 150 Å². The molecule has 5 nitrogen and oxygen atoms in total. The Morgan fingerprint density at radius 1 is 1.32 bits per heavy atom. The molecule has 4 rings (SSSR count). The van der Waals surface area contributed by atoms with Crippen molar-refractivity contribution in [2.45, 2.75) is 19.0 Å². The number of thiophene rings is 1. The number of aryl methyl sites for hydroxylation is 1. The van der Waals surface area contributed by atoms with Crippen molar-refractivity contribution in [3.8, 4) is 0 Å². The zero-order valence-electron chi connectivity index (χ0n) is 14.1. The van der Waals surface area contributed by atoms with Gasteiger partial charge in [0.2, 0.25) is 0 Å². The van der Waals surface area contributed by atoms with Crippen LogP contribution >= 0.6 is 11.3 Å². The van der Waals surface area contributed by atoms with Crippen molar-refractivity contribution in [1.82, 2.24) is 20.0 Å². The summed E-state index contributed by atoms with van der Waals surface area (Å²) in [4.78, 5) is 15.7. The van der Waals surface area contributed by atoms with Crippen LogP contribution in [0.4, 0.5) is 4.79 Å². The summed E-state index contributed by atoms with van der Waals surface area (Å²) < 4.78 is 1.81. The van der Waals surface area contributed by atoms with E-state index in [1.807, 2.05) is 52.6 Å². The number of rotatable bonds is 3. The van der Waals surface area contributed by atoms with Gasteiger partial charge in [0.15, 0.2) is 0 Å². The Morgan fingerprint density at radius 3 is 2.96 bits per heavy atom. The van der Waals surface area contributed by atoms with Crippen LogP contribution in [0.15, 0.2) is 54.2 Å². The molecule has 1 aromatic carbocycles. The number of benzene rings is 1. The highest BCUT2D eigenvalue weighted by Crippen LogP contribution is 2.33. The van der Waals surface area contributed by atoms with Crippen molar-refractivity contribution in [3.63, 3.8) is 0 Å². The summed E-state index contributed by atoms with van der Waals surface area (Å²) in [6.07, 6.45) is 3.93. The minimum Gasteiger partial charge on any atom is -0.333 e. The van der Waals surface area contributed by atoms with E-state index in [1.54, 1.807) is 11.3 Å². The lowest BCUT2D eigenvalue weighted by Crippen LogP contribution is -2.44. The molecule has 0 spiro atoms. The summed E-state index contributed by atoms with van der Waals surface area (Å²) >= 11 is 1.66. The molecule has 25 heavy (non-hydrogen) atoms. The summed E-state index contributed by atoms with van der Waals surface area (Å²) in [6, 6.07) is 12.4. The molecule has 1 aliphatic rings. The number of carbonyl (C=O) groups is 1. The van der Waals surface area contributed by atoms with E-state index in [1.165, 1.54) is 11.1 Å². The first-order chi connectivity index (χ1) is 12.2. The van der Waals surface area contributed by atoms with E-state index < -0.39 is 0 Å². The fraction of sp³-hybridized carbons (Fsp3) is 0.263. The number of amides is 2.